The Bertz CT molecular complexity index is 322. The van der Waals surface area contributed by atoms with E-state index >= 15 is 0 Å². The van der Waals surface area contributed by atoms with Crippen LogP contribution in [0.4, 0.5) is 0 Å². The van der Waals surface area contributed by atoms with Crippen molar-refractivity contribution in [1.29, 1.82) is 0 Å². The zero-order chi connectivity index (χ0) is 18.9. The summed E-state index contributed by atoms with van der Waals surface area (Å²) in [6.45, 7) is 7.37. The molecule has 1 heterocycles. The molecule has 0 radical (unpaired) electrons. The number of hydrogen-bond acceptors (Lipinski definition) is 1. The van der Waals surface area contributed by atoms with Gasteiger partial charge < -0.3 is 4.90 Å². The highest BCUT2D eigenvalue weighted by Crippen LogP contribution is 2.29. The molecule has 154 valence electrons. The van der Waals surface area contributed by atoms with Crippen LogP contribution in [0.25, 0.3) is 0 Å². The monoisotopic (exact) mass is 363 g/mol. The molecule has 2 atom stereocenters. The van der Waals surface area contributed by atoms with Crippen molar-refractivity contribution in [1.82, 2.24) is 4.90 Å². The summed E-state index contributed by atoms with van der Waals surface area (Å²) in [7, 11) is 2.29. The van der Waals surface area contributed by atoms with E-state index in [1.165, 1.54) is 116 Å². The van der Waals surface area contributed by atoms with Crippen molar-refractivity contribution in [3.8, 4) is 0 Å². The average molecular weight is 364 g/mol. The first-order valence-electron chi connectivity index (χ1n) is 12.1. The standard InChI is InChI=1S/C25H49N/c1-4-6-7-8-9-10-11-12-13-14-15-16-17-18-19-20-24(5-2)25-21-22-26(3)23-25/h11-12,24-25H,4-10,13-23H2,1-3H3/b12-11-. The quantitative estimate of drug-likeness (QED) is 0.187. The summed E-state index contributed by atoms with van der Waals surface area (Å²) in [5, 5.41) is 0. The van der Waals surface area contributed by atoms with Crippen molar-refractivity contribution < 1.29 is 0 Å². The van der Waals surface area contributed by atoms with Crippen molar-refractivity contribution in [2.45, 2.75) is 117 Å². The van der Waals surface area contributed by atoms with Crippen molar-refractivity contribution in [3.63, 3.8) is 0 Å². The maximum atomic E-state index is 2.52. The first-order valence-corrected chi connectivity index (χ1v) is 12.1. The van der Waals surface area contributed by atoms with Gasteiger partial charge in [0.1, 0.15) is 0 Å². The van der Waals surface area contributed by atoms with E-state index in [2.05, 4.69) is 37.9 Å². The summed E-state index contributed by atoms with van der Waals surface area (Å²) in [5.74, 6) is 1.98. The molecule has 0 amide bonds. The highest BCUT2D eigenvalue weighted by atomic mass is 15.1. The maximum Gasteiger partial charge on any atom is 0.000973 e. The molecular weight excluding hydrogens is 314 g/mol. The van der Waals surface area contributed by atoms with Crippen molar-refractivity contribution in [2.75, 3.05) is 20.1 Å². The van der Waals surface area contributed by atoms with E-state index in [9.17, 15) is 0 Å². The molecule has 0 N–H and O–H groups in total. The molecule has 1 fully saturated rings. The Balaban J connectivity index is 1.84. The fourth-order valence-electron chi connectivity index (χ4n) is 4.60. The van der Waals surface area contributed by atoms with Gasteiger partial charge in [0.15, 0.2) is 0 Å². The molecule has 1 aliphatic heterocycles. The topological polar surface area (TPSA) is 3.24 Å². The zero-order valence-corrected chi connectivity index (χ0v) is 18.5. The van der Waals surface area contributed by atoms with Crippen LogP contribution >= 0.6 is 0 Å². The van der Waals surface area contributed by atoms with Crippen LogP contribution in [0.2, 0.25) is 0 Å². The Hall–Kier alpha value is -0.300. The summed E-state index contributed by atoms with van der Waals surface area (Å²) < 4.78 is 0. The van der Waals surface area contributed by atoms with Gasteiger partial charge in [-0.05, 0) is 57.5 Å². The Morgan fingerprint density at radius 2 is 1.38 bits per heavy atom. The summed E-state index contributed by atoms with van der Waals surface area (Å²) in [5.41, 5.74) is 0. The van der Waals surface area contributed by atoms with Crippen molar-refractivity contribution in [3.05, 3.63) is 12.2 Å². The van der Waals surface area contributed by atoms with Gasteiger partial charge in [0.2, 0.25) is 0 Å². The van der Waals surface area contributed by atoms with E-state index in [1.807, 2.05) is 0 Å². The fourth-order valence-corrected chi connectivity index (χ4v) is 4.60. The summed E-state index contributed by atoms with van der Waals surface area (Å²) in [4.78, 5) is 2.52. The lowest BCUT2D eigenvalue weighted by Crippen LogP contribution is -2.19. The van der Waals surface area contributed by atoms with E-state index < -0.39 is 0 Å². The van der Waals surface area contributed by atoms with Crippen molar-refractivity contribution >= 4 is 0 Å². The number of likely N-dealkylation sites (tertiary alicyclic amines) is 1. The molecule has 1 heteroatoms. The summed E-state index contributed by atoms with van der Waals surface area (Å²) in [6, 6.07) is 0. The number of allylic oxidation sites excluding steroid dienone is 2. The van der Waals surface area contributed by atoms with Crippen LogP contribution in [0, 0.1) is 11.8 Å². The molecular formula is C25H49N. The van der Waals surface area contributed by atoms with Crippen LogP contribution in [0.15, 0.2) is 12.2 Å². The van der Waals surface area contributed by atoms with E-state index in [0.717, 1.165) is 11.8 Å². The lowest BCUT2D eigenvalue weighted by atomic mass is 9.85. The van der Waals surface area contributed by atoms with Gasteiger partial charge in [0.05, 0.1) is 0 Å². The lowest BCUT2D eigenvalue weighted by molar-refractivity contribution is 0.288. The van der Waals surface area contributed by atoms with Crippen molar-refractivity contribution in [2.24, 2.45) is 11.8 Å². The molecule has 1 aliphatic rings. The largest absolute Gasteiger partial charge is 0.306 e. The molecule has 0 bridgehead atoms. The zero-order valence-electron chi connectivity index (χ0n) is 18.5. The first-order chi connectivity index (χ1) is 12.8. The Labute approximate surface area is 166 Å². The molecule has 1 rings (SSSR count). The van der Waals surface area contributed by atoms with E-state index in [4.69, 9.17) is 0 Å². The second-order valence-electron chi connectivity index (χ2n) is 8.85. The van der Waals surface area contributed by atoms with Gasteiger partial charge in [-0.1, -0.05) is 96.6 Å². The molecule has 0 spiro atoms. The summed E-state index contributed by atoms with van der Waals surface area (Å²) in [6.07, 6.45) is 27.5. The van der Waals surface area contributed by atoms with Crippen LogP contribution in [-0.2, 0) is 0 Å². The molecule has 0 aromatic rings. The van der Waals surface area contributed by atoms with Crippen LogP contribution in [0.1, 0.15) is 117 Å². The molecule has 26 heavy (non-hydrogen) atoms. The molecule has 1 nitrogen and oxygen atoms in total. The van der Waals surface area contributed by atoms with E-state index in [1.54, 1.807) is 0 Å². The summed E-state index contributed by atoms with van der Waals surface area (Å²) >= 11 is 0. The molecule has 0 aromatic carbocycles. The Kier molecular flexibility index (Phi) is 15.4. The molecule has 0 aliphatic carbocycles. The lowest BCUT2D eigenvalue weighted by Gasteiger charge is -2.22. The Morgan fingerprint density at radius 1 is 0.808 bits per heavy atom. The molecule has 2 unspecified atom stereocenters. The highest BCUT2D eigenvalue weighted by molar-refractivity contribution is 4.81. The van der Waals surface area contributed by atoms with Crippen LogP contribution in [0.5, 0.6) is 0 Å². The number of rotatable bonds is 17. The minimum Gasteiger partial charge on any atom is -0.306 e. The van der Waals surface area contributed by atoms with Gasteiger partial charge in [-0.2, -0.15) is 0 Å². The van der Waals surface area contributed by atoms with Crippen LogP contribution < -0.4 is 0 Å². The number of unbranched alkanes of at least 4 members (excludes halogenated alkanes) is 11. The number of nitrogens with zero attached hydrogens (tertiary/aromatic N) is 1. The SMILES string of the molecule is CCCCCCC/C=C\CCCCCCCCC(CC)C1CCN(C)C1. The van der Waals surface area contributed by atoms with E-state index in [0.29, 0.717) is 0 Å². The van der Waals surface area contributed by atoms with Gasteiger partial charge in [-0.3, -0.25) is 0 Å². The molecule has 1 saturated heterocycles. The van der Waals surface area contributed by atoms with Gasteiger partial charge in [-0.15, -0.1) is 0 Å². The predicted octanol–water partition coefficient (Wildman–Crippen LogP) is 8.00. The Morgan fingerprint density at radius 3 is 1.92 bits per heavy atom. The second-order valence-corrected chi connectivity index (χ2v) is 8.85. The van der Waals surface area contributed by atoms with Gasteiger partial charge in [-0.25, -0.2) is 0 Å². The fraction of sp³-hybridized carbons (Fsp3) is 0.920. The predicted molar refractivity (Wildman–Crippen MR) is 119 cm³/mol. The van der Waals surface area contributed by atoms with Gasteiger partial charge in [0.25, 0.3) is 0 Å². The van der Waals surface area contributed by atoms with E-state index in [-0.39, 0.29) is 0 Å². The molecule has 0 aromatic heterocycles. The highest BCUT2D eigenvalue weighted by Gasteiger charge is 2.25. The third-order valence-corrected chi connectivity index (χ3v) is 6.46. The minimum absolute atomic E-state index is 0.989. The number of hydrogen-bond donors (Lipinski definition) is 0. The second kappa shape index (κ2) is 16.8. The van der Waals surface area contributed by atoms with Crippen LogP contribution in [0.3, 0.4) is 0 Å². The average Bonchev–Trinajstić information content (AvgIpc) is 3.07. The first kappa shape index (κ1) is 23.7. The smallest absolute Gasteiger partial charge is 0.000973 e. The van der Waals surface area contributed by atoms with Crippen LogP contribution in [-0.4, -0.2) is 25.0 Å². The third kappa shape index (κ3) is 12.2. The third-order valence-electron chi connectivity index (χ3n) is 6.46. The van der Waals surface area contributed by atoms with Gasteiger partial charge >= 0.3 is 0 Å². The minimum atomic E-state index is 0.989. The normalized spacial score (nSPS) is 19.6. The maximum absolute atomic E-state index is 2.52. The molecule has 0 saturated carbocycles. The van der Waals surface area contributed by atoms with Gasteiger partial charge in [0, 0.05) is 6.54 Å².